The maximum Gasteiger partial charge on any atom is 0.227 e. The van der Waals surface area contributed by atoms with Crippen LogP contribution >= 0.6 is 0 Å². The molecule has 1 aromatic rings. The Labute approximate surface area is 126 Å². The molecule has 2 heterocycles. The van der Waals surface area contributed by atoms with Gasteiger partial charge in [-0.2, -0.15) is 0 Å². The third-order valence-corrected chi connectivity index (χ3v) is 4.64. The molecular formula is C17H24N2O2. The lowest BCUT2D eigenvalue weighted by atomic mass is 9.92. The number of nitrogens with one attached hydrogen (secondary N) is 2. The number of amides is 1. The summed E-state index contributed by atoms with van der Waals surface area (Å²) in [5.41, 5.74) is 1.13. The Morgan fingerprint density at radius 2 is 2.10 bits per heavy atom. The van der Waals surface area contributed by atoms with Gasteiger partial charge in [-0.05, 0) is 44.7 Å². The van der Waals surface area contributed by atoms with Gasteiger partial charge in [0.05, 0.1) is 5.92 Å². The lowest BCUT2D eigenvalue weighted by Crippen LogP contribution is -2.56. The highest BCUT2D eigenvalue weighted by Crippen LogP contribution is 2.27. The predicted molar refractivity (Wildman–Crippen MR) is 82.4 cm³/mol. The molecule has 0 radical (unpaired) electrons. The van der Waals surface area contributed by atoms with E-state index >= 15 is 0 Å². The van der Waals surface area contributed by atoms with Crippen LogP contribution in [0.2, 0.25) is 0 Å². The second kappa shape index (κ2) is 6.06. The molecule has 1 fully saturated rings. The van der Waals surface area contributed by atoms with Crippen molar-refractivity contribution in [3.05, 3.63) is 29.8 Å². The van der Waals surface area contributed by atoms with E-state index in [4.69, 9.17) is 4.74 Å². The number of ether oxygens (including phenoxy) is 1. The van der Waals surface area contributed by atoms with Gasteiger partial charge < -0.3 is 15.4 Å². The van der Waals surface area contributed by atoms with Gasteiger partial charge in [0, 0.05) is 18.1 Å². The molecule has 0 bridgehead atoms. The lowest BCUT2D eigenvalue weighted by molar-refractivity contribution is -0.127. The molecule has 0 spiro atoms. The van der Waals surface area contributed by atoms with E-state index in [0.29, 0.717) is 18.7 Å². The van der Waals surface area contributed by atoms with E-state index in [1.807, 2.05) is 24.3 Å². The average Bonchev–Trinajstić information content (AvgIpc) is 2.49. The van der Waals surface area contributed by atoms with E-state index in [1.54, 1.807) is 0 Å². The maximum atomic E-state index is 12.5. The van der Waals surface area contributed by atoms with Gasteiger partial charge in [-0.1, -0.05) is 18.2 Å². The van der Waals surface area contributed by atoms with Gasteiger partial charge in [0.15, 0.2) is 0 Å². The number of rotatable bonds is 2. The standard InChI is InChI=1S/C17H24N2O2/c1-11-7-8-15(12(2)18-11)19-17(20)14-9-13-5-3-4-6-16(13)21-10-14/h3-6,11-12,14-15,18H,7-10H2,1-2H3,(H,19,20). The minimum atomic E-state index is -0.0774. The number of carbonyl (C=O) groups is 1. The van der Waals surface area contributed by atoms with Gasteiger partial charge in [0.25, 0.3) is 0 Å². The summed E-state index contributed by atoms with van der Waals surface area (Å²) < 4.78 is 5.71. The maximum absolute atomic E-state index is 12.5. The first-order valence-corrected chi connectivity index (χ1v) is 7.90. The molecule has 0 saturated carbocycles. The Kier molecular flexibility index (Phi) is 4.15. The van der Waals surface area contributed by atoms with Crippen LogP contribution in [0.1, 0.15) is 32.3 Å². The van der Waals surface area contributed by atoms with Crippen molar-refractivity contribution < 1.29 is 9.53 Å². The molecule has 1 amide bonds. The van der Waals surface area contributed by atoms with Crippen LogP contribution in [0.5, 0.6) is 5.75 Å². The Hall–Kier alpha value is -1.55. The highest BCUT2D eigenvalue weighted by Gasteiger charge is 2.30. The molecule has 4 nitrogen and oxygen atoms in total. The summed E-state index contributed by atoms with van der Waals surface area (Å²) in [6.45, 7) is 4.82. The lowest BCUT2D eigenvalue weighted by Gasteiger charge is -2.35. The molecule has 4 heteroatoms. The fourth-order valence-electron chi connectivity index (χ4n) is 3.32. The number of piperidine rings is 1. The number of fused-ring (bicyclic) bond motifs is 1. The van der Waals surface area contributed by atoms with Crippen LogP contribution in [0.25, 0.3) is 0 Å². The van der Waals surface area contributed by atoms with Crippen molar-refractivity contribution in [2.75, 3.05) is 6.61 Å². The molecule has 4 unspecified atom stereocenters. The first kappa shape index (κ1) is 14.4. The summed E-state index contributed by atoms with van der Waals surface area (Å²) in [5, 5.41) is 6.72. The number of benzene rings is 1. The molecule has 2 aliphatic heterocycles. The summed E-state index contributed by atoms with van der Waals surface area (Å²) in [4.78, 5) is 12.5. The van der Waals surface area contributed by atoms with E-state index in [0.717, 1.165) is 30.6 Å². The Balaban J connectivity index is 1.59. The van der Waals surface area contributed by atoms with Gasteiger partial charge in [0.1, 0.15) is 12.4 Å². The fourth-order valence-corrected chi connectivity index (χ4v) is 3.32. The highest BCUT2D eigenvalue weighted by atomic mass is 16.5. The Bertz CT molecular complexity index is 517. The molecule has 2 N–H and O–H groups in total. The Morgan fingerprint density at radius 1 is 1.29 bits per heavy atom. The zero-order chi connectivity index (χ0) is 14.8. The Morgan fingerprint density at radius 3 is 2.90 bits per heavy atom. The van der Waals surface area contributed by atoms with Crippen LogP contribution in [-0.2, 0) is 11.2 Å². The summed E-state index contributed by atoms with van der Waals surface area (Å²) >= 11 is 0. The normalized spacial score (nSPS) is 31.9. The van der Waals surface area contributed by atoms with Gasteiger partial charge in [-0.25, -0.2) is 0 Å². The minimum absolute atomic E-state index is 0.0774. The highest BCUT2D eigenvalue weighted by molar-refractivity contribution is 5.80. The number of carbonyl (C=O) groups excluding carboxylic acids is 1. The third kappa shape index (κ3) is 3.21. The van der Waals surface area contributed by atoms with Crippen molar-refractivity contribution in [3.63, 3.8) is 0 Å². The van der Waals surface area contributed by atoms with Crippen LogP contribution in [0.15, 0.2) is 24.3 Å². The summed E-state index contributed by atoms with van der Waals surface area (Å²) in [6.07, 6.45) is 2.93. The molecule has 21 heavy (non-hydrogen) atoms. The molecule has 0 aromatic heterocycles. The van der Waals surface area contributed by atoms with Gasteiger partial charge in [-0.3, -0.25) is 4.79 Å². The fraction of sp³-hybridized carbons (Fsp3) is 0.588. The van der Waals surface area contributed by atoms with Gasteiger partial charge in [-0.15, -0.1) is 0 Å². The van der Waals surface area contributed by atoms with E-state index in [1.165, 1.54) is 0 Å². The quantitative estimate of drug-likeness (QED) is 0.873. The van der Waals surface area contributed by atoms with E-state index in [9.17, 15) is 4.79 Å². The van der Waals surface area contributed by atoms with Crippen molar-refractivity contribution in [2.24, 2.45) is 5.92 Å². The van der Waals surface area contributed by atoms with Crippen LogP contribution in [0.4, 0.5) is 0 Å². The molecular weight excluding hydrogens is 264 g/mol. The second-order valence-electron chi connectivity index (χ2n) is 6.37. The zero-order valence-corrected chi connectivity index (χ0v) is 12.8. The van der Waals surface area contributed by atoms with Crippen molar-refractivity contribution in [3.8, 4) is 5.75 Å². The van der Waals surface area contributed by atoms with Crippen molar-refractivity contribution >= 4 is 5.91 Å². The third-order valence-electron chi connectivity index (χ3n) is 4.64. The molecule has 2 aliphatic rings. The van der Waals surface area contributed by atoms with Gasteiger partial charge in [0.2, 0.25) is 5.91 Å². The second-order valence-corrected chi connectivity index (χ2v) is 6.37. The summed E-state index contributed by atoms with van der Waals surface area (Å²) in [5.74, 6) is 0.965. The van der Waals surface area contributed by atoms with Gasteiger partial charge >= 0.3 is 0 Å². The predicted octanol–water partition coefficient (Wildman–Crippen LogP) is 1.88. The first-order valence-electron chi connectivity index (χ1n) is 7.90. The van der Waals surface area contributed by atoms with Crippen LogP contribution in [0.3, 0.4) is 0 Å². The number of hydrogen-bond donors (Lipinski definition) is 2. The molecule has 114 valence electrons. The molecule has 1 saturated heterocycles. The zero-order valence-electron chi connectivity index (χ0n) is 12.8. The van der Waals surface area contributed by atoms with E-state index < -0.39 is 0 Å². The van der Waals surface area contributed by atoms with Crippen molar-refractivity contribution in [1.82, 2.24) is 10.6 Å². The molecule has 4 atom stereocenters. The molecule has 3 rings (SSSR count). The number of hydrogen-bond acceptors (Lipinski definition) is 3. The van der Waals surface area contributed by atoms with E-state index in [-0.39, 0.29) is 17.9 Å². The first-order chi connectivity index (χ1) is 10.1. The number of para-hydroxylation sites is 1. The van der Waals surface area contributed by atoms with Crippen LogP contribution in [0, 0.1) is 5.92 Å². The van der Waals surface area contributed by atoms with E-state index in [2.05, 4.69) is 24.5 Å². The minimum Gasteiger partial charge on any atom is -0.492 e. The van der Waals surface area contributed by atoms with Crippen LogP contribution in [-0.4, -0.2) is 30.6 Å². The van der Waals surface area contributed by atoms with Crippen molar-refractivity contribution in [1.29, 1.82) is 0 Å². The monoisotopic (exact) mass is 288 g/mol. The average molecular weight is 288 g/mol. The molecule has 1 aromatic carbocycles. The molecule has 0 aliphatic carbocycles. The largest absolute Gasteiger partial charge is 0.492 e. The van der Waals surface area contributed by atoms with Crippen molar-refractivity contribution in [2.45, 2.75) is 51.2 Å². The van der Waals surface area contributed by atoms with Crippen LogP contribution < -0.4 is 15.4 Å². The topological polar surface area (TPSA) is 50.4 Å². The summed E-state index contributed by atoms with van der Waals surface area (Å²) in [6, 6.07) is 9.07. The smallest absolute Gasteiger partial charge is 0.227 e. The summed E-state index contributed by atoms with van der Waals surface area (Å²) in [7, 11) is 0. The SMILES string of the molecule is CC1CCC(NC(=O)C2COc3ccccc3C2)C(C)N1.